The highest BCUT2D eigenvalue weighted by Crippen LogP contribution is 2.40. The number of fused-ring (bicyclic) bond motifs is 1. The molecule has 0 N–H and O–H groups in total. The summed E-state index contributed by atoms with van der Waals surface area (Å²) in [7, 11) is -2.02. The molecule has 5 nitrogen and oxygen atoms in total. The maximum absolute atomic E-state index is 11.7. The molecule has 0 aromatic heterocycles. The molecule has 33 heavy (non-hydrogen) atoms. The van der Waals surface area contributed by atoms with E-state index in [0.717, 1.165) is 16.3 Å². The van der Waals surface area contributed by atoms with Crippen LogP contribution >= 0.6 is 0 Å². The van der Waals surface area contributed by atoms with Crippen molar-refractivity contribution in [3.8, 4) is 18.1 Å². The molecule has 2 aromatic rings. The van der Waals surface area contributed by atoms with E-state index < -0.39 is 26.6 Å². The summed E-state index contributed by atoms with van der Waals surface area (Å²) in [5, 5.41) is 2.16. The average Bonchev–Trinajstić information content (AvgIpc) is 2.75. The van der Waals surface area contributed by atoms with Gasteiger partial charge in [-0.1, -0.05) is 63.1 Å². The van der Waals surface area contributed by atoms with Crippen LogP contribution in [0.2, 0.25) is 18.1 Å². The van der Waals surface area contributed by atoms with Crippen molar-refractivity contribution in [2.45, 2.75) is 64.1 Å². The van der Waals surface area contributed by atoms with Gasteiger partial charge in [-0.25, -0.2) is 0 Å². The lowest BCUT2D eigenvalue weighted by atomic mass is 9.96. The van der Waals surface area contributed by atoms with Crippen molar-refractivity contribution >= 4 is 25.1 Å². The SMILES string of the molecule is C#CCOc1ccc2ccccc2c1C1C=C[C@H](OC(C)=O)C(CO[Si](C)(C)C(C)(C)C)O1. The van der Waals surface area contributed by atoms with E-state index in [1.54, 1.807) is 0 Å². The molecule has 0 saturated heterocycles. The molecule has 0 saturated carbocycles. The molecule has 0 fully saturated rings. The number of esters is 1. The minimum Gasteiger partial charge on any atom is -0.481 e. The summed E-state index contributed by atoms with van der Waals surface area (Å²) >= 11 is 0. The maximum atomic E-state index is 11.7. The second-order valence-electron chi connectivity index (χ2n) is 9.82. The van der Waals surface area contributed by atoms with Crippen LogP contribution in [0.25, 0.3) is 10.8 Å². The molecule has 1 aliphatic rings. The summed E-state index contributed by atoms with van der Waals surface area (Å²) < 4.78 is 24.4. The number of hydrogen-bond donors (Lipinski definition) is 0. The summed E-state index contributed by atoms with van der Waals surface area (Å²) in [5.41, 5.74) is 0.901. The van der Waals surface area contributed by atoms with Gasteiger partial charge in [0, 0.05) is 12.5 Å². The highest BCUT2D eigenvalue weighted by atomic mass is 28.4. The number of carbonyl (C=O) groups is 1. The monoisotopic (exact) mass is 466 g/mol. The Bertz CT molecular complexity index is 1060. The van der Waals surface area contributed by atoms with E-state index in [1.165, 1.54) is 6.92 Å². The zero-order valence-corrected chi connectivity index (χ0v) is 21.4. The first-order valence-corrected chi connectivity index (χ1v) is 14.2. The van der Waals surface area contributed by atoms with Crippen molar-refractivity contribution in [1.82, 2.24) is 0 Å². The van der Waals surface area contributed by atoms with Gasteiger partial charge in [0.2, 0.25) is 0 Å². The van der Waals surface area contributed by atoms with Crippen LogP contribution in [0.15, 0.2) is 48.6 Å². The van der Waals surface area contributed by atoms with Crippen molar-refractivity contribution in [2.75, 3.05) is 13.2 Å². The molecule has 0 amide bonds. The summed E-state index contributed by atoms with van der Waals surface area (Å²) in [5.74, 6) is 2.85. The molecular weight excluding hydrogens is 432 g/mol. The van der Waals surface area contributed by atoms with Crippen molar-refractivity contribution in [1.29, 1.82) is 0 Å². The molecular formula is C27H34O5Si. The van der Waals surface area contributed by atoms with Gasteiger partial charge < -0.3 is 18.6 Å². The lowest BCUT2D eigenvalue weighted by Crippen LogP contribution is -2.46. The number of hydrogen-bond acceptors (Lipinski definition) is 5. The van der Waals surface area contributed by atoms with Gasteiger partial charge in [0.15, 0.2) is 8.32 Å². The van der Waals surface area contributed by atoms with Crippen molar-refractivity contribution in [3.05, 3.63) is 54.1 Å². The first-order chi connectivity index (χ1) is 15.5. The van der Waals surface area contributed by atoms with Crippen LogP contribution in [0.4, 0.5) is 0 Å². The van der Waals surface area contributed by atoms with E-state index in [2.05, 4.69) is 45.9 Å². The largest absolute Gasteiger partial charge is 0.481 e. The van der Waals surface area contributed by atoms with E-state index in [4.69, 9.17) is 25.1 Å². The Labute approximate surface area is 198 Å². The fourth-order valence-corrected chi connectivity index (χ4v) is 4.59. The Morgan fingerprint density at radius 2 is 1.88 bits per heavy atom. The van der Waals surface area contributed by atoms with Gasteiger partial charge in [0.25, 0.3) is 0 Å². The summed E-state index contributed by atoms with van der Waals surface area (Å²) in [6, 6.07) is 12.0. The molecule has 2 aromatic carbocycles. The molecule has 0 aliphatic carbocycles. The zero-order chi connectivity index (χ0) is 24.2. The van der Waals surface area contributed by atoms with Crippen molar-refractivity contribution in [3.63, 3.8) is 0 Å². The lowest BCUT2D eigenvalue weighted by Gasteiger charge is -2.39. The van der Waals surface area contributed by atoms with Crippen LogP contribution in [0.1, 0.15) is 39.4 Å². The van der Waals surface area contributed by atoms with Crippen LogP contribution in [0.3, 0.4) is 0 Å². The number of carbonyl (C=O) groups excluding carboxylic acids is 1. The average molecular weight is 467 g/mol. The molecule has 3 rings (SSSR count). The summed E-state index contributed by atoms with van der Waals surface area (Å²) in [6.07, 6.45) is 7.88. The number of benzene rings is 2. The van der Waals surface area contributed by atoms with E-state index in [-0.39, 0.29) is 17.6 Å². The molecule has 3 atom stereocenters. The number of rotatable bonds is 7. The minimum absolute atomic E-state index is 0.0553. The zero-order valence-electron chi connectivity index (χ0n) is 20.4. The van der Waals surface area contributed by atoms with Gasteiger partial charge in [-0.3, -0.25) is 4.79 Å². The van der Waals surface area contributed by atoms with E-state index in [1.807, 2.05) is 42.5 Å². The highest BCUT2D eigenvalue weighted by molar-refractivity contribution is 6.74. The van der Waals surface area contributed by atoms with E-state index in [0.29, 0.717) is 12.4 Å². The molecule has 0 bridgehead atoms. The first-order valence-electron chi connectivity index (χ1n) is 11.3. The molecule has 1 aliphatic heterocycles. The van der Waals surface area contributed by atoms with Gasteiger partial charge >= 0.3 is 5.97 Å². The third kappa shape index (κ3) is 5.86. The molecule has 0 spiro atoms. The second-order valence-corrected chi connectivity index (χ2v) is 14.6. The number of terminal acetylenes is 1. The highest BCUT2D eigenvalue weighted by Gasteiger charge is 2.40. The molecule has 2 unspecified atom stereocenters. The van der Waals surface area contributed by atoms with Crippen LogP contribution in [0.5, 0.6) is 5.75 Å². The van der Waals surface area contributed by atoms with Gasteiger partial charge in [-0.05, 0) is 41.0 Å². The molecule has 176 valence electrons. The smallest absolute Gasteiger partial charge is 0.303 e. The minimum atomic E-state index is -2.02. The first kappa shape index (κ1) is 25.0. The van der Waals surface area contributed by atoms with Crippen LogP contribution in [-0.2, 0) is 18.7 Å². The summed E-state index contributed by atoms with van der Waals surface area (Å²) in [4.78, 5) is 11.7. The second kappa shape index (κ2) is 10.1. The van der Waals surface area contributed by atoms with Crippen molar-refractivity contribution < 1.29 is 23.4 Å². The quantitative estimate of drug-likeness (QED) is 0.223. The van der Waals surface area contributed by atoms with Gasteiger partial charge in [-0.15, -0.1) is 6.42 Å². The summed E-state index contributed by atoms with van der Waals surface area (Å²) in [6.45, 7) is 12.9. The third-order valence-electron chi connectivity index (χ3n) is 6.41. The normalized spacial score (nSPS) is 20.9. The Morgan fingerprint density at radius 3 is 2.55 bits per heavy atom. The Kier molecular flexibility index (Phi) is 7.68. The predicted octanol–water partition coefficient (Wildman–Crippen LogP) is 5.80. The third-order valence-corrected chi connectivity index (χ3v) is 10.9. The Hall–Kier alpha value is -2.59. The Balaban J connectivity index is 1.97. The van der Waals surface area contributed by atoms with Gasteiger partial charge in [0.1, 0.15) is 30.7 Å². The molecule has 0 radical (unpaired) electrons. The van der Waals surface area contributed by atoms with Gasteiger partial charge in [-0.2, -0.15) is 0 Å². The topological polar surface area (TPSA) is 54.0 Å². The van der Waals surface area contributed by atoms with Crippen LogP contribution < -0.4 is 4.74 Å². The predicted molar refractivity (Wildman–Crippen MR) is 134 cm³/mol. The maximum Gasteiger partial charge on any atom is 0.303 e. The van der Waals surface area contributed by atoms with Gasteiger partial charge in [0.05, 0.1) is 6.61 Å². The van der Waals surface area contributed by atoms with Crippen molar-refractivity contribution in [2.24, 2.45) is 0 Å². The lowest BCUT2D eigenvalue weighted by molar-refractivity contribution is -0.156. The Morgan fingerprint density at radius 1 is 1.15 bits per heavy atom. The van der Waals surface area contributed by atoms with Crippen LogP contribution in [-0.4, -0.2) is 39.7 Å². The van der Waals surface area contributed by atoms with Crippen LogP contribution in [0, 0.1) is 12.3 Å². The fourth-order valence-electron chi connectivity index (χ4n) is 3.57. The molecule has 6 heteroatoms. The number of ether oxygens (including phenoxy) is 3. The van der Waals surface area contributed by atoms with E-state index in [9.17, 15) is 4.79 Å². The standard InChI is InChI=1S/C27H34O5Si/c1-8-17-29-23-14-13-20-11-9-10-12-21(20)26(23)24-16-15-22(31-19(2)28)25(32-24)18-30-33(6,7)27(3,4)5/h1,9-16,22,24-25H,17-18H2,2-7H3/t22-,24?,25?/m0/s1. The van der Waals surface area contributed by atoms with E-state index >= 15 is 0 Å². The fraction of sp³-hybridized carbons (Fsp3) is 0.444. The molecule has 1 heterocycles.